The molecule has 0 spiro atoms. The number of benzene rings is 1. The molecule has 1 unspecified atom stereocenters. The summed E-state index contributed by atoms with van der Waals surface area (Å²) in [5.41, 5.74) is 8.75. The summed E-state index contributed by atoms with van der Waals surface area (Å²) in [7, 11) is 1.71. The lowest BCUT2D eigenvalue weighted by Gasteiger charge is -2.35. The first-order chi connectivity index (χ1) is 6.76. The summed E-state index contributed by atoms with van der Waals surface area (Å²) in [5, 5.41) is 0. The van der Waals surface area contributed by atoms with Crippen LogP contribution in [0.25, 0.3) is 0 Å². The van der Waals surface area contributed by atoms with Crippen LogP contribution in [-0.4, -0.2) is 13.7 Å². The van der Waals surface area contributed by atoms with Gasteiger partial charge in [-0.15, -0.1) is 0 Å². The van der Waals surface area contributed by atoms with Crippen LogP contribution >= 0.6 is 0 Å². The maximum atomic E-state index is 6.36. The molecule has 1 atom stereocenters. The van der Waals surface area contributed by atoms with Crippen molar-refractivity contribution in [1.82, 2.24) is 0 Å². The second-order valence-corrected chi connectivity index (χ2v) is 4.10. The van der Waals surface area contributed by atoms with Gasteiger partial charge in [0.05, 0.1) is 12.1 Å². The molecule has 76 valence electrons. The van der Waals surface area contributed by atoms with Crippen molar-refractivity contribution in [3.63, 3.8) is 0 Å². The van der Waals surface area contributed by atoms with Crippen LogP contribution in [0.3, 0.4) is 0 Å². The Morgan fingerprint density at radius 2 is 2.21 bits per heavy atom. The molecular weight excluding hydrogens is 174 g/mol. The molecule has 1 aromatic carbocycles. The summed E-state index contributed by atoms with van der Waals surface area (Å²) < 4.78 is 5.22. The molecule has 0 fully saturated rings. The highest BCUT2D eigenvalue weighted by atomic mass is 16.5. The molecule has 2 nitrogen and oxygen atoms in total. The van der Waals surface area contributed by atoms with Crippen LogP contribution in [0.1, 0.15) is 24.0 Å². The summed E-state index contributed by atoms with van der Waals surface area (Å²) in [4.78, 5) is 0. The number of rotatable bonds is 2. The van der Waals surface area contributed by atoms with E-state index in [0.717, 1.165) is 19.3 Å². The van der Waals surface area contributed by atoms with Crippen LogP contribution in [0.4, 0.5) is 0 Å². The number of methoxy groups -OCH3 is 1. The van der Waals surface area contributed by atoms with Gasteiger partial charge in [0.25, 0.3) is 0 Å². The molecular formula is C12H17NO. The van der Waals surface area contributed by atoms with Crippen LogP contribution in [0.5, 0.6) is 0 Å². The van der Waals surface area contributed by atoms with E-state index in [-0.39, 0.29) is 5.54 Å². The summed E-state index contributed by atoms with van der Waals surface area (Å²) in [6.45, 7) is 0.615. The Kier molecular flexibility index (Phi) is 2.57. The zero-order valence-corrected chi connectivity index (χ0v) is 8.62. The fraction of sp³-hybridized carbons (Fsp3) is 0.500. The fourth-order valence-electron chi connectivity index (χ4n) is 2.36. The number of hydrogen-bond acceptors (Lipinski definition) is 2. The lowest BCUT2D eigenvalue weighted by molar-refractivity contribution is 0.121. The van der Waals surface area contributed by atoms with Gasteiger partial charge in [-0.05, 0) is 30.4 Å². The molecule has 1 aromatic rings. The molecule has 1 aliphatic carbocycles. The zero-order chi connectivity index (χ0) is 10.0. The third-order valence-electron chi connectivity index (χ3n) is 3.02. The van der Waals surface area contributed by atoms with E-state index >= 15 is 0 Å². The molecule has 0 aliphatic heterocycles. The van der Waals surface area contributed by atoms with Gasteiger partial charge in [0.1, 0.15) is 0 Å². The van der Waals surface area contributed by atoms with Crippen LogP contribution < -0.4 is 5.73 Å². The molecule has 2 rings (SSSR count). The van der Waals surface area contributed by atoms with Gasteiger partial charge < -0.3 is 10.5 Å². The van der Waals surface area contributed by atoms with E-state index in [2.05, 4.69) is 24.3 Å². The molecule has 0 aromatic heterocycles. The Morgan fingerprint density at radius 3 is 3.00 bits per heavy atom. The fourth-order valence-corrected chi connectivity index (χ4v) is 2.36. The minimum absolute atomic E-state index is 0.260. The van der Waals surface area contributed by atoms with E-state index in [9.17, 15) is 0 Å². The van der Waals surface area contributed by atoms with Crippen molar-refractivity contribution in [2.75, 3.05) is 13.7 Å². The van der Waals surface area contributed by atoms with Crippen LogP contribution in [0.2, 0.25) is 0 Å². The maximum absolute atomic E-state index is 6.36. The Labute approximate surface area is 85.1 Å². The Balaban J connectivity index is 2.39. The predicted octanol–water partition coefficient (Wildman–Crippen LogP) is 1.82. The van der Waals surface area contributed by atoms with Gasteiger partial charge in [-0.2, -0.15) is 0 Å². The normalized spacial score (nSPS) is 25.9. The average Bonchev–Trinajstić information content (AvgIpc) is 2.19. The third kappa shape index (κ3) is 1.56. The molecule has 0 heterocycles. The lowest BCUT2D eigenvalue weighted by Crippen LogP contribution is -2.44. The summed E-state index contributed by atoms with van der Waals surface area (Å²) in [6, 6.07) is 8.44. The molecule has 0 radical (unpaired) electrons. The van der Waals surface area contributed by atoms with Crippen molar-refractivity contribution < 1.29 is 4.74 Å². The van der Waals surface area contributed by atoms with Crippen LogP contribution in [0, 0.1) is 0 Å². The first-order valence-electron chi connectivity index (χ1n) is 5.12. The Hall–Kier alpha value is -0.860. The van der Waals surface area contributed by atoms with E-state index in [1.54, 1.807) is 7.11 Å². The average molecular weight is 191 g/mol. The summed E-state index contributed by atoms with van der Waals surface area (Å²) in [6.07, 6.45) is 3.34. The highest BCUT2D eigenvalue weighted by Crippen LogP contribution is 2.33. The van der Waals surface area contributed by atoms with Gasteiger partial charge in [0.15, 0.2) is 0 Å². The molecule has 14 heavy (non-hydrogen) atoms. The first-order valence-corrected chi connectivity index (χ1v) is 5.12. The molecule has 0 amide bonds. The Morgan fingerprint density at radius 1 is 1.43 bits per heavy atom. The molecule has 0 saturated carbocycles. The quantitative estimate of drug-likeness (QED) is 0.774. The monoisotopic (exact) mass is 191 g/mol. The van der Waals surface area contributed by atoms with Crippen molar-refractivity contribution in [2.24, 2.45) is 5.73 Å². The lowest BCUT2D eigenvalue weighted by atomic mass is 9.78. The van der Waals surface area contributed by atoms with E-state index in [4.69, 9.17) is 10.5 Å². The second-order valence-electron chi connectivity index (χ2n) is 4.10. The molecule has 2 N–H and O–H groups in total. The van der Waals surface area contributed by atoms with Gasteiger partial charge in [0.2, 0.25) is 0 Å². The first kappa shape index (κ1) is 9.69. The zero-order valence-electron chi connectivity index (χ0n) is 8.62. The van der Waals surface area contributed by atoms with Gasteiger partial charge in [-0.1, -0.05) is 24.3 Å². The van der Waals surface area contributed by atoms with Crippen LogP contribution in [0.15, 0.2) is 24.3 Å². The summed E-state index contributed by atoms with van der Waals surface area (Å²) >= 11 is 0. The van der Waals surface area contributed by atoms with Crippen molar-refractivity contribution in [1.29, 1.82) is 0 Å². The van der Waals surface area contributed by atoms with Crippen molar-refractivity contribution in [3.05, 3.63) is 35.4 Å². The highest BCUT2D eigenvalue weighted by molar-refractivity contribution is 5.35. The topological polar surface area (TPSA) is 35.2 Å². The van der Waals surface area contributed by atoms with Crippen molar-refractivity contribution in [3.8, 4) is 0 Å². The number of hydrogen-bond donors (Lipinski definition) is 1. The molecule has 1 aliphatic rings. The Bertz CT molecular complexity index is 324. The van der Waals surface area contributed by atoms with E-state index in [1.807, 2.05) is 0 Å². The summed E-state index contributed by atoms with van der Waals surface area (Å²) in [5.74, 6) is 0. The van der Waals surface area contributed by atoms with E-state index in [0.29, 0.717) is 6.61 Å². The van der Waals surface area contributed by atoms with E-state index < -0.39 is 0 Å². The number of ether oxygens (including phenoxy) is 1. The molecule has 0 bridgehead atoms. The minimum Gasteiger partial charge on any atom is -0.382 e. The van der Waals surface area contributed by atoms with Crippen molar-refractivity contribution in [2.45, 2.75) is 24.8 Å². The number of fused-ring (bicyclic) bond motifs is 1. The second kappa shape index (κ2) is 3.71. The van der Waals surface area contributed by atoms with Crippen molar-refractivity contribution >= 4 is 0 Å². The smallest absolute Gasteiger partial charge is 0.0684 e. The standard InChI is InChI=1S/C12H17NO/c1-14-9-12(13)8-4-6-10-5-2-3-7-11(10)12/h2-3,5,7H,4,6,8-9,13H2,1H3. The highest BCUT2D eigenvalue weighted by Gasteiger charge is 2.32. The predicted molar refractivity (Wildman–Crippen MR) is 57.1 cm³/mol. The van der Waals surface area contributed by atoms with Crippen LogP contribution in [-0.2, 0) is 16.7 Å². The van der Waals surface area contributed by atoms with Gasteiger partial charge >= 0.3 is 0 Å². The molecule has 0 saturated heterocycles. The van der Waals surface area contributed by atoms with Gasteiger partial charge in [-0.25, -0.2) is 0 Å². The largest absolute Gasteiger partial charge is 0.382 e. The SMILES string of the molecule is COCC1(N)CCCc2ccccc21. The van der Waals surface area contributed by atoms with Gasteiger partial charge in [-0.3, -0.25) is 0 Å². The van der Waals surface area contributed by atoms with E-state index in [1.165, 1.54) is 11.1 Å². The van der Waals surface area contributed by atoms with Gasteiger partial charge in [0, 0.05) is 7.11 Å². The number of aryl methyl sites for hydroxylation is 1. The minimum atomic E-state index is -0.260. The molecule has 2 heteroatoms. The third-order valence-corrected chi connectivity index (χ3v) is 3.02. The number of nitrogens with two attached hydrogens (primary N) is 1. The maximum Gasteiger partial charge on any atom is 0.0684 e.